The van der Waals surface area contributed by atoms with Gasteiger partial charge in [-0.3, -0.25) is 14.6 Å². The number of nitrogens with two attached hydrogens (primary N) is 1. The van der Waals surface area contributed by atoms with Gasteiger partial charge in [-0.05, 0) is 24.1 Å². The van der Waals surface area contributed by atoms with Gasteiger partial charge >= 0.3 is 6.09 Å². The SMILES string of the molecule is NC(=O)On1cc(CC(=O)N2NCC[C@@H]2C(=O)NCc2cccc(Cl)c2F)c2ccccc21. The molecule has 0 saturated carbocycles. The molecule has 4 rings (SSSR count). The summed E-state index contributed by atoms with van der Waals surface area (Å²) in [6, 6.07) is 10.9. The number of carbonyl (C=O) groups is 3. The first-order valence-corrected chi connectivity index (χ1v) is 10.6. The summed E-state index contributed by atoms with van der Waals surface area (Å²) in [7, 11) is 0. The monoisotopic (exact) mass is 473 g/mol. The molecule has 3 aromatic rings. The van der Waals surface area contributed by atoms with E-state index in [4.69, 9.17) is 22.2 Å². The van der Waals surface area contributed by atoms with Crippen molar-refractivity contribution in [2.45, 2.75) is 25.4 Å². The highest BCUT2D eigenvalue weighted by molar-refractivity contribution is 6.30. The summed E-state index contributed by atoms with van der Waals surface area (Å²) < 4.78 is 15.3. The number of nitrogens with zero attached hydrogens (tertiary/aromatic N) is 2. The second-order valence-corrected chi connectivity index (χ2v) is 7.90. The van der Waals surface area contributed by atoms with Gasteiger partial charge in [0.05, 0.1) is 17.0 Å². The zero-order valence-electron chi connectivity index (χ0n) is 17.4. The van der Waals surface area contributed by atoms with Gasteiger partial charge in [0.2, 0.25) is 11.8 Å². The number of hydrogen-bond acceptors (Lipinski definition) is 5. The van der Waals surface area contributed by atoms with E-state index in [9.17, 15) is 18.8 Å². The van der Waals surface area contributed by atoms with E-state index in [2.05, 4.69) is 10.7 Å². The van der Waals surface area contributed by atoms with E-state index in [1.54, 1.807) is 30.3 Å². The molecule has 172 valence electrons. The van der Waals surface area contributed by atoms with Crippen molar-refractivity contribution in [2.75, 3.05) is 6.54 Å². The van der Waals surface area contributed by atoms with Gasteiger partial charge in [0.1, 0.15) is 11.9 Å². The highest BCUT2D eigenvalue weighted by Gasteiger charge is 2.34. The molecule has 0 aliphatic carbocycles. The number of rotatable bonds is 6. The molecule has 0 radical (unpaired) electrons. The number of hydrazine groups is 1. The summed E-state index contributed by atoms with van der Waals surface area (Å²) >= 11 is 5.78. The topological polar surface area (TPSA) is 119 Å². The van der Waals surface area contributed by atoms with Crippen molar-refractivity contribution in [3.8, 4) is 0 Å². The van der Waals surface area contributed by atoms with Crippen LogP contribution in [0.4, 0.5) is 9.18 Å². The second-order valence-electron chi connectivity index (χ2n) is 7.49. The Labute approximate surface area is 193 Å². The van der Waals surface area contributed by atoms with Gasteiger partial charge in [0.25, 0.3) is 0 Å². The van der Waals surface area contributed by atoms with E-state index in [1.165, 1.54) is 28.1 Å². The number of hydrogen-bond donors (Lipinski definition) is 3. The molecule has 1 atom stereocenters. The van der Waals surface area contributed by atoms with Gasteiger partial charge in [-0.1, -0.05) is 41.9 Å². The van der Waals surface area contributed by atoms with Gasteiger partial charge < -0.3 is 15.9 Å². The molecule has 9 nitrogen and oxygen atoms in total. The Hall–Kier alpha value is -3.63. The first kappa shape index (κ1) is 22.6. The maximum atomic E-state index is 14.1. The van der Waals surface area contributed by atoms with Gasteiger partial charge in [0.15, 0.2) is 0 Å². The van der Waals surface area contributed by atoms with Crippen molar-refractivity contribution >= 4 is 40.4 Å². The van der Waals surface area contributed by atoms with Crippen LogP contribution in [0.25, 0.3) is 10.9 Å². The Morgan fingerprint density at radius 2 is 1.97 bits per heavy atom. The molecule has 0 bridgehead atoms. The summed E-state index contributed by atoms with van der Waals surface area (Å²) in [5.41, 5.74) is 9.48. The molecule has 4 N–H and O–H groups in total. The molecule has 2 heterocycles. The van der Waals surface area contributed by atoms with Crippen LogP contribution in [-0.4, -0.2) is 40.2 Å². The summed E-state index contributed by atoms with van der Waals surface area (Å²) in [6.07, 6.45) is 0.889. The normalized spacial score (nSPS) is 15.6. The maximum Gasteiger partial charge on any atom is 0.429 e. The minimum Gasteiger partial charge on any atom is -0.350 e. The lowest BCUT2D eigenvalue weighted by Gasteiger charge is -2.23. The molecule has 11 heteroatoms. The molecule has 0 unspecified atom stereocenters. The average molecular weight is 474 g/mol. The first-order valence-electron chi connectivity index (χ1n) is 10.2. The maximum absolute atomic E-state index is 14.1. The predicted molar refractivity (Wildman–Crippen MR) is 118 cm³/mol. The third-order valence-electron chi connectivity index (χ3n) is 5.36. The lowest BCUT2D eigenvalue weighted by atomic mass is 10.1. The summed E-state index contributed by atoms with van der Waals surface area (Å²) in [5.74, 6) is -1.35. The van der Waals surface area contributed by atoms with Gasteiger partial charge in [-0.15, -0.1) is 0 Å². The molecule has 1 aliphatic heterocycles. The van der Waals surface area contributed by atoms with E-state index in [0.717, 1.165) is 0 Å². The third-order valence-corrected chi connectivity index (χ3v) is 5.65. The fourth-order valence-corrected chi connectivity index (χ4v) is 4.03. The van der Waals surface area contributed by atoms with Crippen LogP contribution in [0.5, 0.6) is 0 Å². The minimum atomic E-state index is -0.984. The second kappa shape index (κ2) is 9.47. The number of aromatic nitrogens is 1. The van der Waals surface area contributed by atoms with Crippen LogP contribution >= 0.6 is 11.6 Å². The molecular weight excluding hydrogens is 453 g/mol. The van der Waals surface area contributed by atoms with Crippen LogP contribution < -0.4 is 21.3 Å². The molecule has 0 spiro atoms. The molecule has 1 saturated heterocycles. The Kier molecular flexibility index (Phi) is 6.47. The van der Waals surface area contributed by atoms with Gasteiger partial charge in [-0.25, -0.2) is 14.6 Å². The van der Waals surface area contributed by atoms with E-state index in [1.807, 2.05) is 0 Å². The quantitative estimate of drug-likeness (QED) is 0.505. The fourth-order valence-electron chi connectivity index (χ4n) is 3.84. The molecule has 33 heavy (non-hydrogen) atoms. The van der Waals surface area contributed by atoms with Crippen molar-refractivity contribution in [3.63, 3.8) is 0 Å². The van der Waals surface area contributed by atoms with Crippen LogP contribution in [0.1, 0.15) is 17.5 Å². The standard InChI is InChI=1S/C22H21ClFN5O4/c23-16-6-3-4-13(20(16)24)11-26-21(31)18-8-9-27-29(18)19(30)10-14-12-28(33-22(25)32)17-7-2-1-5-15(14)17/h1-7,12,18,27H,8-11H2,(H2,25,32)(H,26,31)/t18-/m1/s1. The molecule has 1 fully saturated rings. The average Bonchev–Trinajstić information content (AvgIpc) is 3.40. The van der Waals surface area contributed by atoms with Crippen molar-refractivity contribution < 1.29 is 23.6 Å². The third kappa shape index (κ3) is 4.76. The summed E-state index contributed by atoms with van der Waals surface area (Å²) in [6.45, 7) is 0.379. The highest BCUT2D eigenvalue weighted by atomic mass is 35.5. The number of primary amides is 1. The van der Waals surface area contributed by atoms with Crippen LogP contribution in [-0.2, 0) is 22.6 Å². The zero-order chi connectivity index (χ0) is 23.5. The number of benzene rings is 2. The van der Waals surface area contributed by atoms with Gasteiger partial charge in [-0.2, -0.15) is 4.73 Å². The molecule has 2 aromatic carbocycles. The Bertz CT molecular complexity index is 1230. The van der Waals surface area contributed by atoms with Gasteiger partial charge in [0, 0.05) is 30.2 Å². The van der Waals surface area contributed by atoms with Crippen molar-refractivity contribution in [1.29, 1.82) is 0 Å². The molecular formula is C22H21ClFN5O4. The van der Waals surface area contributed by atoms with Crippen LogP contribution in [0.2, 0.25) is 5.02 Å². The Morgan fingerprint density at radius 3 is 2.76 bits per heavy atom. The molecule has 3 amide bonds. The van der Waals surface area contributed by atoms with Crippen molar-refractivity contribution in [2.24, 2.45) is 5.73 Å². The van der Waals surface area contributed by atoms with E-state index >= 15 is 0 Å². The Balaban J connectivity index is 1.46. The first-order chi connectivity index (χ1) is 15.8. The van der Waals surface area contributed by atoms with Crippen LogP contribution in [0.3, 0.4) is 0 Å². The fraction of sp³-hybridized carbons (Fsp3) is 0.227. The van der Waals surface area contributed by atoms with Crippen molar-refractivity contribution in [3.05, 3.63) is 70.6 Å². The van der Waals surface area contributed by atoms with E-state index in [0.29, 0.717) is 29.4 Å². The number of carbonyl (C=O) groups excluding carboxylic acids is 3. The van der Waals surface area contributed by atoms with Crippen molar-refractivity contribution in [1.82, 2.24) is 20.5 Å². The zero-order valence-corrected chi connectivity index (χ0v) is 18.1. The number of para-hydroxylation sites is 1. The minimum absolute atomic E-state index is 0.0273. The number of amides is 3. The highest BCUT2D eigenvalue weighted by Crippen LogP contribution is 2.23. The van der Waals surface area contributed by atoms with Crippen LogP contribution in [0, 0.1) is 5.82 Å². The molecule has 1 aliphatic rings. The Morgan fingerprint density at radius 1 is 1.18 bits per heavy atom. The lowest BCUT2D eigenvalue weighted by molar-refractivity contribution is -0.140. The smallest absolute Gasteiger partial charge is 0.350 e. The largest absolute Gasteiger partial charge is 0.429 e. The lowest BCUT2D eigenvalue weighted by Crippen LogP contribution is -2.50. The predicted octanol–water partition coefficient (Wildman–Crippen LogP) is 1.91. The number of halogens is 2. The number of nitrogens with one attached hydrogen (secondary N) is 2. The number of fused-ring (bicyclic) bond motifs is 1. The van der Waals surface area contributed by atoms with Crippen LogP contribution in [0.15, 0.2) is 48.7 Å². The molecule has 1 aromatic heterocycles. The van der Waals surface area contributed by atoms with E-state index in [-0.39, 0.29) is 29.5 Å². The summed E-state index contributed by atoms with van der Waals surface area (Å²) in [5, 5.41) is 4.63. The van der Waals surface area contributed by atoms with E-state index < -0.39 is 23.9 Å². The summed E-state index contributed by atoms with van der Waals surface area (Å²) in [4.78, 5) is 42.0.